The van der Waals surface area contributed by atoms with E-state index in [4.69, 9.17) is 15.0 Å². The van der Waals surface area contributed by atoms with Crippen molar-refractivity contribution in [3.05, 3.63) is 54.0 Å². The molecule has 0 bridgehead atoms. The summed E-state index contributed by atoms with van der Waals surface area (Å²) in [5.41, 5.74) is 7.92. The molecule has 4 rings (SSSR count). The zero-order chi connectivity index (χ0) is 19.1. The van der Waals surface area contributed by atoms with E-state index in [2.05, 4.69) is 48.0 Å². The summed E-state index contributed by atoms with van der Waals surface area (Å²) >= 11 is 0. The fourth-order valence-corrected chi connectivity index (χ4v) is 3.04. The molecule has 28 heavy (non-hydrogen) atoms. The molecule has 1 fully saturated rings. The molecule has 1 aromatic carbocycles. The van der Waals surface area contributed by atoms with Crippen LogP contribution in [0.1, 0.15) is 51.4 Å². The normalized spacial score (nSPS) is 15.4. The van der Waals surface area contributed by atoms with E-state index in [0.717, 1.165) is 30.6 Å². The molecule has 1 aliphatic rings. The molecule has 2 aromatic heterocycles. The van der Waals surface area contributed by atoms with Crippen LogP contribution >= 0.6 is 12.4 Å². The number of nitrogens with zero attached hydrogens (tertiary/aromatic N) is 3. The average Bonchev–Trinajstić information content (AvgIpc) is 3.10. The lowest BCUT2D eigenvalue weighted by atomic mass is 9.77. The Morgan fingerprint density at radius 3 is 2.32 bits per heavy atom. The quantitative estimate of drug-likeness (QED) is 0.664. The lowest BCUT2D eigenvalue weighted by molar-refractivity contribution is 0.229. The summed E-state index contributed by atoms with van der Waals surface area (Å²) in [4.78, 5) is 8.78. The van der Waals surface area contributed by atoms with Gasteiger partial charge in [-0.05, 0) is 48.4 Å². The van der Waals surface area contributed by atoms with Crippen LogP contribution in [0.2, 0.25) is 0 Å². The first kappa shape index (κ1) is 20.3. The van der Waals surface area contributed by atoms with E-state index in [1.54, 1.807) is 12.3 Å². The van der Waals surface area contributed by atoms with E-state index >= 15 is 0 Å². The summed E-state index contributed by atoms with van der Waals surface area (Å²) < 4.78 is 11.2. The first-order valence-corrected chi connectivity index (χ1v) is 9.21. The Morgan fingerprint density at radius 1 is 1.07 bits per heavy atom. The van der Waals surface area contributed by atoms with Crippen LogP contribution in [0.5, 0.6) is 11.6 Å². The average molecular weight is 401 g/mol. The zero-order valence-electron chi connectivity index (χ0n) is 16.3. The lowest BCUT2D eigenvalue weighted by Crippen LogP contribution is -2.44. The van der Waals surface area contributed by atoms with Gasteiger partial charge in [0.2, 0.25) is 5.88 Å². The van der Waals surface area contributed by atoms with E-state index in [9.17, 15) is 0 Å². The minimum absolute atomic E-state index is 0. The molecular weight excluding hydrogens is 376 g/mol. The predicted molar refractivity (Wildman–Crippen MR) is 110 cm³/mol. The molecule has 2 heterocycles. The standard InChI is InChI=1S/C21H24N4O2.ClH/c1-20(2,3)15-6-8-16(9-7-15)26-17-10-5-14(13-23-17)18-24-19(25-27-18)21(22)11-4-12-21;/h5-10,13H,4,11-12,22H2,1-3H3;1H. The van der Waals surface area contributed by atoms with Gasteiger partial charge in [0, 0.05) is 12.3 Å². The van der Waals surface area contributed by atoms with Crippen molar-refractivity contribution in [1.29, 1.82) is 0 Å². The van der Waals surface area contributed by atoms with Crippen molar-refractivity contribution in [2.24, 2.45) is 5.73 Å². The largest absolute Gasteiger partial charge is 0.439 e. The molecule has 0 saturated heterocycles. The van der Waals surface area contributed by atoms with Crippen LogP contribution < -0.4 is 10.5 Å². The summed E-state index contributed by atoms with van der Waals surface area (Å²) in [6.45, 7) is 6.55. The van der Waals surface area contributed by atoms with Gasteiger partial charge in [0.05, 0.1) is 11.1 Å². The molecule has 148 valence electrons. The molecule has 0 atom stereocenters. The SMILES string of the molecule is CC(C)(C)c1ccc(Oc2ccc(-c3nc(C4(N)CCC4)no3)cn2)cc1.Cl. The Balaban J connectivity index is 0.00000225. The van der Waals surface area contributed by atoms with Crippen LogP contribution in [-0.4, -0.2) is 15.1 Å². The third-order valence-electron chi connectivity index (χ3n) is 5.04. The monoisotopic (exact) mass is 400 g/mol. The number of aromatic nitrogens is 3. The van der Waals surface area contributed by atoms with Gasteiger partial charge in [0.25, 0.3) is 5.89 Å². The molecule has 0 amide bonds. The Kier molecular flexibility index (Phi) is 5.46. The molecule has 0 aliphatic heterocycles. The van der Waals surface area contributed by atoms with Crippen LogP contribution in [0.4, 0.5) is 0 Å². The fourth-order valence-electron chi connectivity index (χ4n) is 3.04. The number of nitrogens with two attached hydrogens (primary N) is 1. The van der Waals surface area contributed by atoms with Gasteiger partial charge < -0.3 is 15.0 Å². The zero-order valence-corrected chi connectivity index (χ0v) is 17.1. The maximum Gasteiger partial charge on any atom is 0.259 e. The molecule has 0 spiro atoms. The van der Waals surface area contributed by atoms with Gasteiger partial charge in [0.1, 0.15) is 5.75 Å². The summed E-state index contributed by atoms with van der Waals surface area (Å²) in [7, 11) is 0. The van der Waals surface area contributed by atoms with Crippen molar-refractivity contribution in [3.8, 4) is 23.1 Å². The highest BCUT2D eigenvalue weighted by Crippen LogP contribution is 2.37. The Labute approximate surface area is 170 Å². The number of halogens is 1. The predicted octanol–water partition coefficient (Wildman–Crippen LogP) is 4.98. The Morgan fingerprint density at radius 2 is 1.79 bits per heavy atom. The van der Waals surface area contributed by atoms with Gasteiger partial charge in [0.15, 0.2) is 5.82 Å². The van der Waals surface area contributed by atoms with E-state index in [0.29, 0.717) is 17.6 Å². The van der Waals surface area contributed by atoms with Crippen molar-refractivity contribution in [2.75, 3.05) is 0 Å². The van der Waals surface area contributed by atoms with Crippen LogP contribution in [0.3, 0.4) is 0 Å². The van der Waals surface area contributed by atoms with E-state index in [-0.39, 0.29) is 17.8 Å². The number of hydrogen-bond donors (Lipinski definition) is 1. The number of pyridine rings is 1. The summed E-state index contributed by atoms with van der Waals surface area (Å²) in [5.74, 6) is 2.26. The molecular formula is C21H25ClN4O2. The van der Waals surface area contributed by atoms with Crippen molar-refractivity contribution >= 4 is 12.4 Å². The van der Waals surface area contributed by atoms with E-state index in [1.165, 1.54) is 5.56 Å². The van der Waals surface area contributed by atoms with Crippen LogP contribution in [0.15, 0.2) is 47.1 Å². The van der Waals surface area contributed by atoms with Gasteiger partial charge in [-0.2, -0.15) is 4.98 Å². The number of hydrogen-bond acceptors (Lipinski definition) is 6. The van der Waals surface area contributed by atoms with Gasteiger partial charge in [-0.25, -0.2) is 4.98 Å². The van der Waals surface area contributed by atoms with E-state index in [1.807, 2.05) is 18.2 Å². The van der Waals surface area contributed by atoms with Gasteiger partial charge in [-0.3, -0.25) is 0 Å². The van der Waals surface area contributed by atoms with Crippen LogP contribution in [0.25, 0.3) is 11.5 Å². The van der Waals surface area contributed by atoms with E-state index < -0.39 is 5.54 Å². The first-order chi connectivity index (χ1) is 12.8. The highest BCUT2D eigenvalue weighted by atomic mass is 35.5. The second-order valence-corrected chi connectivity index (χ2v) is 8.19. The molecule has 6 nitrogen and oxygen atoms in total. The van der Waals surface area contributed by atoms with Crippen molar-refractivity contribution in [2.45, 2.75) is 51.0 Å². The molecule has 0 radical (unpaired) electrons. The second-order valence-electron chi connectivity index (χ2n) is 8.19. The number of rotatable bonds is 4. The van der Waals surface area contributed by atoms with Crippen LogP contribution in [-0.2, 0) is 11.0 Å². The molecule has 0 unspecified atom stereocenters. The molecule has 7 heteroatoms. The van der Waals surface area contributed by atoms with Crippen molar-refractivity contribution in [3.63, 3.8) is 0 Å². The third kappa shape index (κ3) is 4.03. The molecule has 3 aromatic rings. The number of benzene rings is 1. The van der Waals surface area contributed by atoms with Crippen molar-refractivity contribution in [1.82, 2.24) is 15.1 Å². The maximum atomic E-state index is 6.24. The summed E-state index contributed by atoms with van der Waals surface area (Å²) in [6.07, 6.45) is 4.56. The molecule has 1 saturated carbocycles. The van der Waals surface area contributed by atoms with Gasteiger partial charge in [-0.15, -0.1) is 12.4 Å². The number of ether oxygens (including phenoxy) is 1. The van der Waals surface area contributed by atoms with Crippen LogP contribution in [0, 0.1) is 0 Å². The Bertz CT molecular complexity index is 926. The summed E-state index contributed by atoms with van der Waals surface area (Å²) in [5, 5.41) is 4.03. The van der Waals surface area contributed by atoms with Gasteiger partial charge >= 0.3 is 0 Å². The van der Waals surface area contributed by atoms with Gasteiger partial charge in [-0.1, -0.05) is 38.1 Å². The fraction of sp³-hybridized carbons (Fsp3) is 0.381. The molecule has 2 N–H and O–H groups in total. The highest BCUT2D eigenvalue weighted by Gasteiger charge is 2.39. The first-order valence-electron chi connectivity index (χ1n) is 9.21. The topological polar surface area (TPSA) is 87.1 Å². The second kappa shape index (κ2) is 7.53. The third-order valence-corrected chi connectivity index (χ3v) is 5.04. The maximum absolute atomic E-state index is 6.24. The highest BCUT2D eigenvalue weighted by molar-refractivity contribution is 5.85. The Hall–Kier alpha value is -2.44. The smallest absolute Gasteiger partial charge is 0.259 e. The lowest BCUT2D eigenvalue weighted by Gasteiger charge is -2.34. The summed E-state index contributed by atoms with van der Waals surface area (Å²) in [6, 6.07) is 11.7. The molecule has 1 aliphatic carbocycles. The minimum atomic E-state index is -0.433. The minimum Gasteiger partial charge on any atom is -0.439 e. The van der Waals surface area contributed by atoms with Crippen molar-refractivity contribution < 1.29 is 9.26 Å².